The van der Waals surface area contributed by atoms with Gasteiger partial charge in [0, 0.05) is 23.9 Å². The van der Waals surface area contributed by atoms with Crippen LogP contribution in [0.3, 0.4) is 0 Å². The summed E-state index contributed by atoms with van der Waals surface area (Å²) < 4.78 is 35.3. The van der Waals surface area contributed by atoms with Crippen LogP contribution in [-0.2, 0) is 10.2 Å². The summed E-state index contributed by atoms with van der Waals surface area (Å²) in [5, 5.41) is 0. The van der Waals surface area contributed by atoms with Gasteiger partial charge in [0.25, 0.3) is 5.91 Å². The molecule has 0 saturated carbocycles. The number of fused-ring (bicyclic) bond motifs is 1. The van der Waals surface area contributed by atoms with Crippen molar-refractivity contribution < 1.29 is 17.9 Å². The lowest BCUT2D eigenvalue weighted by atomic mass is 10.0. The number of aromatic nitrogens is 1. The van der Waals surface area contributed by atoms with Gasteiger partial charge in [-0.25, -0.2) is 0 Å². The highest BCUT2D eigenvalue weighted by Crippen LogP contribution is 2.31. The van der Waals surface area contributed by atoms with E-state index in [0.29, 0.717) is 34.8 Å². The summed E-state index contributed by atoms with van der Waals surface area (Å²) in [6.07, 6.45) is 2.56. The molecule has 1 aromatic carbocycles. The van der Waals surface area contributed by atoms with Crippen molar-refractivity contribution in [1.82, 2.24) is 9.88 Å². The number of amidine groups is 1. The van der Waals surface area contributed by atoms with E-state index >= 15 is 0 Å². The van der Waals surface area contributed by atoms with Crippen molar-refractivity contribution in [2.45, 2.75) is 32.2 Å². The molecule has 11 heteroatoms. The third kappa shape index (κ3) is 4.41. The number of nitrogens with zero attached hydrogens (tertiary/aromatic N) is 2. The predicted molar refractivity (Wildman–Crippen MR) is 116 cm³/mol. The Labute approximate surface area is 179 Å². The molecular formula is C20H23N5O5S. The van der Waals surface area contributed by atoms with E-state index in [2.05, 4.69) is 14.1 Å². The molecule has 2 aliphatic rings. The van der Waals surface area contributed by atoms with Crippen LogP contribution >= 0.6 is 0 Å². The molecule has 10 nitrogen and oxygen atoms in total. The number of pyridine rings is 1. The van der Waals surface area contributed by atoms with E-state index in [4.69, 9.17) is 10.5 Å². The first-order valence-electron chi connectivity index (χ1n) is 9.90. The Hall–Kier alpha value is -3.34. The maximum atomic E-state index is 13.1. The van der Waals surface area contributed by atoms with Gasteiger partial charge in [-0.1, -0.05) is 6.07 Å². The van der Waals surface area contributed by atoms with Crippen molar-refractivity contribution in [3.8, 4) is 5.75 Å². The number of piperidine rings is 1. The molecule has 1 unspecified atom stereocenters. The second-order valence-corrected chi connectivity index (χ2v) is 8.94. The van der Waals surface area contributed by atoms with E-state index in [0.717, 1.165) is 19.3 Å². The van der Waals surface area contributed by atoms with Crippen molar-refractivity contribution in [3.63, 3.8) is 0 Å². The first-order valence-corrected chi connectivity index (χ1v) is 11.3. The Bertz CT molecular complexity index is 1220. The van der Waals surface area contributed by atoms with Gasteiger partial charge in [0.05, 0.1) is 17.3 Å². The summed E-state index contributed by atoms with van der Waals surface area (Å²) in [5.74, 6) is 0.0115. The molecule has 2 aliphatic heterocycles. The summed E-state index contributed by atoms with van der Waals surface area (Å²) >= 11 is 0. The highest BCUT2D eigenvalue weighted by atomic mass is 32.2. The van der Waals surface area contributed by atoms with Crippen LogP contribution < -0.4 is 20.8 Å². The van der Waals surface area contributed by atoms with Crippen LogP contribution in [0, 0.1) is 6.92 Å². The second-order valence-electron chi connectivity index (χ2n) is 7.61. The number of aromatic amines is 1. The number of amides is 1. The summed E-state index contributed by atoms with van der Waals surface area (Å²) in [6, 6.07) is 7.67. The van der Waals surface area contributed by atoms with Crippen molar-refractivity contribution in [2.24, 2.45) is 10.1 Å². The van der Waals surface area contributed by atoms with E-state index in [9.17, 15) is 18.0 Å². The van der Waals surface area contributed by atoms with Crippen LogP contribution in [0.1, 0.15) is 40.9 Å². The average molecular weight is 446 g/mol. The maximum Gasteiger partial charge on any atom is 0.344 e. The van der Waals surface area contributed by atoms with Crippen LogP contribution in [0.5, 0.6) is 5.75 Å². The molecule has 4 N–H and O–H groups in total. The molecule has 0 radical (unpaired) electrons. The lowest BCUT2D eigenvalue weighted by Gasteiger charge is -2.36. The fourth-order valence-corrected chi connectivity index (χ4v) is 4.78. The summed E-state index contributed by atoms with van der Waals surface area (Å²) in [6.45, 7) is 2.49. The van der Waals surface area contributed by atoms with Crippen LogP contribution in [-0.4, -0.2) is 49.2 Å². The number of carbonyl (C=O) groups excluding carboxylic acids is 1. The molecule has 4 rings (SSSR count). The van der Waals surface area contributed by atoms with Gasteiger partial charge in [-0.15, -0.1) is 4.40 Å². The topological polar surface area (TPSA) is 147 Å². The van der Waals surface area contributed by atoms with Gasteiger partial charge in [-0.2, -0.15) is 8.42 Å². The van der Waals surface area contributed by atoms with E-state index in [-0.39, 0.29) is 30.0 Å². The van der Waals surface area contributed by atoms with E-state index in [1.165, 1.54) is 6.07 Å². The van der Waals surface area contributed by atoms with Crippen molar-refractivity contribution in [2.75, 3.05) is 17.9 Å². The normalized spacial score (nSPS) is 19.7. The number of ether oxygens (including phenoxy) is 1. The minimum absolute atomic E-state index is 0.153. The van der Waals surface area contributed by atoms with Gasteiger partial charge in [-0.05, 0) is 44.4 Å². The highest BCUT2D eigenvalue weighted by molar-refractivity contribution is 7.91. The smallest absolute Gasteiger partial charge is 0.344 e. The summed E-state index contributed by atoms with van der Waals surface area (Å²) in [7, 11) is -3.88. The molecule has 0 aliphatic carbocycles. The third-order valence-corrected chi connectivity index (χ3v) is 6.20. The van der Waals surface area contributed by atoms with Gasteiger partial charge in [0.2, 0.25) is 5.56 Å². The highest BCUT2D eigenvalue weighted by Gasteiger charge is 2.30. The number of benzene rings is 1. The molecule has 164 valence electrons. The number of carbonyl (C=O) groups is 1. The van der Waals surface area contributed by atoms with E-state index < -0.39 is 10.2 Å². The van der Waals surface area contributed by atoms with Gasteiger partial charge in [-0.3, -0.25) is 14.3 Å². The number of nitrogens with one attached hydrogen (secondary N) is 2. The SMILES string of the molecule is Cc1cc(C(=O)N2CCCCC2COc2cccc3c2C(N)=NS(=O)(=O)N3)cc(=O)[nH]1. The number of hydrogen-bond donors (Lipinski definition) is 3. The number of nitrogens with two attached hydrogens (primary N) is 1. The molecule has 3 heterocycles. The predicted octanol–water partition coefficient (Wildman–Crippen LogP) is 1.13. The Kier molecular flexibility index (Phi) is 5.44. The molecule has 1 fully saturated rings. The minimum Gasteiger partial charge on any atom is -0.491 e. The number of hydrogen-bond acceptors (Lipinski definition) is 6. The van der Waals surface area contributed by atoms with Crippen LogP contribution in [0.2, 0.25) is 0 Å². The Balaban J connectivity index is 1.55. The van der Waals surface area contributed by atoms with Crippen LogP contribution in [0.4, 0.5) is 5.69 Å². The largest absolute Gasteiger partial charge is 0.491 e. The molecule has 0 spiro atoms. The van der Waals surface area contributed by atoms with Crippen molar-refractivity contribution >= 4 is 27.6 Å². The fourth-order valence-electron chi connectivity index (χ4n) is 3.94. The van der Waals surface area contributed by atoms with Crippen molar-refractivity contribution in [3.05, 3.63) is 57.5 Å². The standard InChI is InChI=1S/C20H23N5O5S/c1-12-9-13(10-17(26)22-12)20(27)25-8-3-2-5-14(25)11-30-16-7-4-6-15-18(16)19(21)24-31(28,29)23-15/h4,6-7,9-10,14,23H,2-3,5,8,11H2,1H3,(H2,21,24)(H,22,26). The van der Waals surface area contributed by atoms with E-state index in [1.54, 1.807) is 36.1 Å². The van der Waals surface area contributed by atoms with Gasteiger partial charge < -0.3 is 20.4 Å². The minimum atomic E-state index is -3.88. The molecule has 1 aromatic heterocycles. The van der Waals surface area contributed by atoms with Gasteiger partial charge >= 0.3 is 10.2 Å². The van der Waals surface area contributed by atoms with Gasteiger partial charge in [0.15, 0.2) is 5.84 Å². The zero-order valence-corrected chi connectivity index (χ0v) is 17.7. The molecule has 0 bridgehead atoms. The zero-order valence-electron chi connectivity index (χ0n) is 16.9. The number of likely N-dealkylation sites (tertiary alicyclic amines) is 1. The third-order valence-electron chi connectivity index (χ3n) is 5.28. The first-order chi connectivity index (χ1) is 14.7. The molecule has 2 aromatic rings. The number of anilines is 1. The summed E-state index contributed by atoms with van der Waals surface area (Å²) in [5.41, 5.74) is 7.17. The quantitative estimate of drug-likeness (QED) is 0.643. The first kappa shape index (κ1) is 20.9. The fraction of sp³-hybridized carbons (Fsp3) is 0.350. The molecule has 1 saturated heterocycles. The number of aryl methyl sites for hydroxylation is 1. The lowest BCUT2D eigenvalue weighted by Crippen LogP contribution is -2.47. The van der Waals surface area contributed by atoms with Crippen molar-refractivity contribution in [1.29, 1.82) is 0 Å². The van der Waals surface area contributed by atoms with Gasteiger partial charge in [0.1, 0.15) is 12.4 Å². The molecule has 1 amide bonds. The van der Waals surface area contributed by atoms with Crippen LogP contribution in [0.25, 0.3) is 0 Å². The number of H-pyrrole nitrogens is 1. The monoisotopic (exact) mass is 445 g/mol. The number of rotatable bonds is 4. The lowest BCUT2D eigenvalue weighted by molar-refractivity contribution is 0.0528. The Morgan fingerprint density at radius 2 is 2.13 bits per heavy atom. The Morgan fingerprint density at radius 3 is 2.90 bits per heavy atom. The maximum absolute atomic E-state index is 13.1. The zero-order chi connectivity index (χ0) is 22.2. The second kappa shape index (κ2) is 8.06. The Morgan fingerprint density at radius 1 is 1.32 bits per heavy atom. The molecular weight excluding hydrogens is 422 g/mol. The molecule has 1 atom stereocenters. The molecule has 31 heavy (non-hydrogen) atoms. The van der Waals surface area contributed by atoms with Crippen LogP contribution in [0.15, 0.2) is 39.5 Å². The average Bonchev–Trinajstić information content (AvgIpc) is 2.70. The summed E-state index contributed by atoms with van der Waals surface area (Å²) in [4.78, 5) is 29.2. The van der Waals surface area contributed by atoms with E-state index in [1.807, 2.05) is 0 Å².